The molecule has 4 rings (SSSR count). The number of carbonyl (C=O) groups excluding carboxylic acids is 1. The summed E-state index contributed by atoms with van der Waals surface area (Å²) in [6, 6.07) is 11.7. The number of hydrogen-bond acceptors (Lipinski definition) is 5. The maximum atomic E-state index is 13.3. The zero-order valence-electron chi connectivity index (χ0n) is 18.7. The molecule has 3 heterocycles. The van der Waals surface area contributed by atoms with Crippen LogP contribution in [0.5, 0.6) is 5.75 Å². The SMILES string of the molecule is CO[C@@H]1CCN2C[C@@H]1CCCCN(Cc1ccc(C)o1)CCOc1ccccc1C2=O. The van der Waals surface area contributed by atoms with Gasteiger partial charge in [-0.25, -0.2) is 0 Å². The number of carbonyl (C=O) groups is 1. The fourth-order valence-corrected chi connectivity index (χ4v) is 4.81. The van der Waals surface area contributed by atoms with Gasteiger partial charge in [-0.15, -0.1) is 0 Å². The maximum Gasteiger partial charge on any atom is 0.257 e. The van der Waals surface area contributed by atoms with Crippen LogP contribution in [0.15, 0.2) is 40.8 Å². The van der Waals surface area contributed by atoms with Crippen molar-refractivity contribution in [2.75, 3.05) is 39.9 Å². The summed E-state index contributed by atoms with van der Waals surface area (Å²) in [5.74, 6) is 3.03. The van der Waals surface area contributed by atoms with Gasteiger partial charge >= 0.3 is 0 Å². The third kappa shape index (κ3) is 5.49. The molecule has 0 saturated carbocycles. The van der Waals surface area contributed by atoms with Crippen LogP contribution >= 0.6 is 0 Å². The first-order valence-corrected chi connectivity index (χ1v) is 11.5. The second-order valence-corrected chi connectivity index (χ2v) is 8.70. The highest BCUT2D eigenvalue weighted by Gasteiger charge is 2.32. The fourth-order valence-electron chi connectivity index (χ4n) is 4.81. The van der Waals surface area contributed by atoms with Crippen LogP contribution < -0.4 is 4.74 Å². The van der Waals surface area contributed by atoms with Crippen molar-refractivity contribution in [2.24, 2.45) is 5.92 Å². The number of methoxy groups -OCH3 is 1. The summed E-state index contributed by atoms with van der Waals surface area (Å²) < 4.78 is 17.7. The molecule has 2 aromatic rings. The van der Waals surface area contributed by atoms with Crippen molar-refractivity contribution < 1.29 is 18.7 Å². The lowest BCUT2D eigenvalue weighted by Crippen LogP contribution is -2.46. The van der Waals surface area contributed by atoms with Crippen LogP contribution in [0.4, 0.5) is 0 Å². The highest BCUT2D eigenvalue weighted by molar-refractivity contribution is 5.97. The molecule has 0 N–H and O–H groups in total. The third-order valence-corrected chi connectivity index (χ3v) is 6.51. The molecule has 2 aliphatic rings. The summed E-state index contributed by atoms with van der Waals surface area (Å²) in [7, 11) is 1.80. The van der Waals surface area contributed by atoms with E-state index in [2.05, 4.69) is 11.0 Å². The molecule has 0 unspecified atom stereocenters. The highest BCUT2D eigenvalue weighted by Crippen LogP contribution is 2.28. The highest BCUT2D eigenvalue weighted by atomic mass is 16.5. The average Bonchev–Trinajstić information content (AvgIpc) is 3.20. The van der Waals surface area contributed by atoms with Gasteiger partial charge in [0.25, 0.3) is 5.91 Å². The van der Waals surface area contributed by atoms with E-state index in [9.17, 15) is 4.79 Å². The minimum absolute atomic E-state index is 0.0649. The smallest absolute Gasteiger partial charge is 0.257 e. The Labute approximate surface area is 185 Å². The average molecular weight is 427 g/mol. The first kappa shape index (κ1) is 21.9. The van der Waals surface area contributed by atoms with Crippen molar-refractivity contribution in [1.29, 1.82) is 0 Å². The van der Waals surface area contributed by atoms with Crippen molar-refractivity contribution in [3.63, 3.8) is 0 Å². The molecule has 0 aliphatic carbocycles. The quantitative estimate of drug-likeness (QED) is 0.739. The Hall–Kier alpha value is -2.31. The van der Waals surface area contributed by atoms with Gasteiger partial charge in [-0.3, -0.25) is 9.69 Å². The van der Waals surface area contributed by atoms with E-state index in [1.807, 2.05) is 42.2 Å². The minimum Gasteiger partial charge on any atom is -0.491 e. The number of rotatable bonds is 3. The van der Waals surface area contributed by atoms with Gasteiger partial charge in [0.05, 0.1) is 18.2 Å². The Morgan fingerprint density at radius 2 is 1.94 bits per heavy atom. The van der Waals surface area contributed by atoms with Crippen LogP contribution in [-0.4, -0.2) is 61.7 Å². The fraction of sp³-hybridized carbons (Fsp3) is 0.560. The van der Waals surface area contributed by atoms with E-state index >= 15 is 0 Å². The Morgan fingerprint density at radius 3 is 2.74 bits per heavy atom. The summed E-state index contributed by atoms with van der Waals surface area (Å²) in [5, 5.41) is 0. The number of piperidine rings is 1. The molecule has 6 nitrogen and oxygen atoms in total. The van der Waals surface area contributed by atoms with Crippen LogP contribution in [0.1, 0.15) is 47.6 Å². The second-order valence-electron chi connectivity index (χ2n) is 8.70. The number of nitrogens with zero attached hydrogens (tertiary/aromatic N) is 2. The Kier molecular flexibility index (Phi) is 7.30. The Bertz CT molecular complexity index is 865. The molecule has 31 heavy (non-hydrogen) atoms. The number of amides is 1. The molecule has 0 spiro atoms. The van der Waals surface area contributed by atoms with Gasteiger partial charge in [0, 0.05) is 32.7 Å². The molecular weight excluding hydrogens is 392 g/mol. The number of furan rings is 1. The van der Waals surface area contributed by atoms with Crippen molar-refractivity contribution in [3.05, 3.63) is 53.5 Å². The molecule has 168 valence electrons. The van der Waals surface area contributed by atoms with Gasteiger partial charge < -0.3 is 18.8 Å². The van der Waals surface area contributed by atoms with Crippen molar-refractivity contribution >= 4 is 5.91 Å². The van der Waals surface area contributed by atoms with Gasteiger partial charge in [-0.1, -0.05) is 18.6 Å². The van der Waals surface area contributed by atoms with Crippen molar-refractivity contribution in [3.8, 4) is 5.75 Å². The zero-order chi connectivity index (χ0) is 21.6. The summed E-state index contributed by atoms with van der Waals surface area (Å²) in [6.45, 7) is 6.56. The van der Waals surface area contributed by atoms with Crippen LogP contribution in [-0.2, 0) is 11.3 Å². The number of fused-ring (bicyclic) bond motifs is 3. The molecule has 1 fully saturated rings. The molecule has 2 bridgehead atoms. The topological polar surface area (TPSA) is 55.1 Å². The molecule has 2 aliphatic heterocycles. The van der Waals surface area contributed by atoms with Crippen LogP contribution in [0.3, 0.4) is 0 Å². The number of benzene rings is 1. The Morgan fingerprint density at radius 1 is 1.06 bits per heavy atom. The number of ether oxygens (including phenoxy) is 2. The van der Waals surface area contributed by atoms with E-state index in [4.69, 9.17) is 13.9 Å². The van der Waals surface area contributed by atoms with E-state index in [0.717, 1.165) is 69.9 Å². The predicted molar refractivity (Wildman–Crippen MR) is 119 cm³/mol. The molecule has 1 aromatic heterocycles. The summed E-state index contributed by atoms with van der Waals surface area (Å²) in [5.41, 5.74) is 0.655. The first-order chi connectivity index (χ1) is 15.1. The molecule has 0 radical (unpaired) electrons. The number of aryl methyl sites for hydroxylation is 1. The molecule has 1 amide bonds. The maximum absolute atomic E-state index is 13.3. The van der Waals surface area contributed by atoms with E-state index in [-0.39, 0.29) is 12.0 Å². The lowest BCUT2D eigenvalue weighted by molar-refractivity contribution is -0.00703. The predicted octanol–water partition coefficient (Wildman–Crippen LogP) is 4.13. The van der Waals surface area contributed by atoms with Crippen LogP contribution in [0.25, 0.3) is 0 Å². The summed E-state index contributed by atoms with van der Waals surface area (Å²) in [6.07, 6.45) is 4.42. The lowest BCUT2D eigenvalue weighted by Gasteiger charge is -2.38. The normalized spacial score (nSPS) is 23.7. The molecule has 6 heteroatoms. The van der Waals surface area contributed by atoms with Gasteiger partial charge in [0.2, 0.25) is 0 Å². The Balaban J connectivity index is 1.52. The van der Waals surface area contributed by atoms with E-state index in [1.54, 1.807) is 7.11 Å². The first-order valence-electron chi connectivity index (χ1n) is 11.5. The summed E-state index contributed by atoms with van der Waals surface area (Å²) in [4.78, 5) is 17.7. The zero-order valence-corrected chi connectivity index (χ0v) is 18.7. The van der Waals surface area contributed by atoms with E-state index < -0.39 is 0 Å². The minimum atomic E-state index is 0.0649. The summed E-state index contributed by atoms with van der Waals surface area (Å²) >= 11 is 0. The number of hydrogen-bond donors (Lipinski definition) is 0. The molecule has 2 atom stereocenters. The second kappa shape index (κ2) is 10.3. The monoisotopic (exact) mass is 426 g/mol. The molecular formula is C25H34N2O4. The number of para-hydroxylation sites is 1. The lowest BCUT2D eigenvalue weighted by atomic mass is 9.89. The molecule has 1 aromatic carbocycles. The van der Waals surface area contributed by atoms with Gasteiger partial charge in [-0.05, 0) is 57.0 Å². The molecule has 1 saturated heterocycles. The standard InChI is InChI=1S/C25H34N2O4/c1-19-10-11-21(31-19)18-26-13-6-5-7-20-17-27(14-12-23(20)29-2)25(28)22-8-3-4-9-24(22)30-16-15-26/h3-4,8-11,20,23H,5-7,12-18H2,1-2H3/t20-,23+/m0/s1. The van der Waals surface area contributed by atoms with E-state index in [1.165, 1.54) is 0 Å². The van der Waals surface area contributed by atoms with Crippen molar-refractivity contribution in [1.82, 2.24) is 9.80 Å². The van der Waals surface area contributed by atoms with Gasteiger partial charge in [0.15, 0.2) is 0 Å². The van der Waals surface area contributed by atoms with Gasteiger partial charge in [0.1, 0.15) is 23.9 Å². The van der Waals surface area contributed by atoms with E-state index in [0.29, 0.717) is 23.8 Å². The third-order valence-electron chi connectivity index (χ3n) is 6.51. The van der Waals surface area contributed by atoms with Crippen LogP contribution in [0, 0.1) is 12.8 Å². The largest absolute Gasteiger partial charge is 0.491 e. The van der Waals surface area contributed by atoms with Crippen LogP contribution in [0.2, 0.25) is 0 Å². The van der Waals surface area contributed by atoms with Crippen molar-refractivity contribution in [2.45, 2.75) is 45.3 Å². The van der Waals surface area contributed by atoms with Gasteiger partial charge in [-0.2, -0.15) is 0 Å².